The number of benzene rings is 1. The number of esters is 2. The molecule has 0 amide bonds. The van der Waals surface area contributed by atoms with Gasteiger partial charge in [-0.15, -0.1) is 0 Å². The summed E-state index contributed by atoms with van der Waals surface area (Å²) in [5, 5.41) is 0. The van der Waals surface area contributed by atoms with E-state index in [2.05, 4.69) is 38.2 Å². The third kappa shape index (κ3) is 27.2. The first-order chi connectivity index (χ1) is 26.3. The number of unbranched alkanes of at least 4 members (excludes halogenated alkanes) is 26. The molecule has 310 valence electrons. The zero-order chi connectivity index (χ0) is 39.4. The summed E-state index contributed by atoms with van der Waals surface area (Å²) < 4.78 is 44.8. The van der Waals surface area contributed by atoms with Gasteiger partial charge in [-0.2, -0.15) is 8.42 Å². The highest BCUT2D eigenvalue weighted by molar-refractivity contribution is 7.86. The van der Waals surface area contributed by atoms with Gasteiger partial charge in [0.1, 0.15) is 4.90 Å². The Bertz CT molecular complexity index is 1240. The molecule has 1 rings (SSSR count). The molecule has 0 saturated heterocycles. The average molecular weight is 775 g/mol. The van der Waals surface area contributed by atoms with Crippen LogP contribution in [0, 0.1) is 0 Å². The Labute approximate surface area is 331 Å². The predicted molar refractivity (Wildman–Crippen MR) is 225 cm³/mol. The summed E-state index contributed by atoms with van der Waals surface area (Å²) in [6.07, 6.45) is 44.8. The van der Waals surface area contributed by atoms with Gasteiger partial charge in [-0.3, -0.25) is 4.55 Å². The normalized spacial score (nSPS) is 11.9. The standard InChI is InChI=1S/C46H78O7S/c1-3-5-7-9-11-13-15-17-19-21-23-25-27-29-31-33-35-40-52-45(47)42-38-37-39-43(54(49,50)51)44(42)46(48)53-41-36-34-32-30-28-26-24-22-20-18-16-14-12-10-8-6-4-2/h15-18,37-39H,3-14,19-36,40-41H2,1-2H3,(H,49,50,51)/b17-15+,18-16+. The highest BCUT2D eigenvalue weighted by Gasteiger charge is 2.28. The molecular weight excluding hydrogens is 697 g/mol. The van der Waals surface area contributed by atoms with E-state index in [1.54, 1.807) is 0 Å². The molecule has 1 N–H and O–H groups in total. The second-order valence-corrected chi connectivity index (χ2v) is 16.4. The monoisotopic (exact) mass is 775 g/mol. The van der Waals surface area contributed by atoms with Gasteiger partial charge in [0.15, 0.2) is 0 Å². The Hall–Kier alpha value is -2.45. The lowest BCUT2D eigenvalue weighted by Crippen LogP contribution is -2.19. The smallest absolute Gasteiger partial charge is 0.340 e. The Morgan fingerprint density at radius 3 is 1.20 bits per heavy atom. The highest BCUT2D eigenvalue weighted by atomic mass is 32.2. The van der Waals surface area contributed by atoms with Crippen LogP contribution in [0.25, 0.3) is 0 Å². The Morgan fingerprint density at radius 2 is 0.833 bits per heavy atom. The van der Waals surface area contributed by atoms with Crippen molar-refractivity contribution in [1.82, 2.24) is 0 Å². The van der Waals surface area contributed by atoms with Gasteiger partial charge in [-0.25, -0.2) is 9.59 Å². The molecule has 7 nitrogen and oxygen atoms in total. The van der Waals surface area contributed by atoms with Gasteiger partial charge in [0.05, 0.1) is 24.3 Å². The second-order valence-electron chi connectivity index (χ2n) is 15.0. The minimum Gasteiger partial charge on any atom is -0.462 e. The average Bonchev–Trinajstić information content (AvgIpc) is 3.16. The van der Waals surface area contributed by atoms with Crippen molar-refractivity contribution in [1.29, 1.82) is 0 Å². The van der Waals surface area contributed by atoms with Crippen LogP contribution in [-0.4, -0.2) is 38.1 Å². The van der Waals surface area contributed by atoms with E-state index in [-0.39, 0.29) is 18.8 Å². The van der Waals surface area contributed by atoms with Crippen molar-refractivity contribution >= 4 is 22.1 Å². The second kappa shape index (κ2) is 35.0. The van der Waals surface area contributed by atoms with E-state index in [4.69, 9.17) is 9.47 Å². The van der Waals surface area contributed by atoms with Crippen LogP contribution in [0.5, 0.6) is 0 Å². The topological polar surface area (TPSA) is 107 Å². The molecular formula is C46H78O7S. The van der Waals surface area contributed by atoms with E-state index in [1.807, 2.05) is 0 Å². The first-order valence-electron chi connectivity index (χ1n) is 22.1. The maximum atomic E-state index is 13.0. The van der Waals surface area contributed by atoms with Crippen molar-refractivity contribution < 1.29 is 32.0 Å². The third-order valence-corrected chi connectivity index (χ3v) is 10.9. The molecule has 0 aromatic heterocycles. The maximum Gasteiger partial charge on any atom is 0.340 e. The number of carbonyl (C=O) groups is 2. The molecule has 0 aliphatic heterocycles. The molecule has 0 unspecified atom stereocenters. The first kappa shape index (κ1) is 49.6. The van der Waals surface area contributed by atoms with Crippen molar-refractivity contribution in [3.8, 4) is 0 Å². The van der Waals surface area contributed by atoms with E-state index in [9.17, 15) is 22.6 Å². The Morgan fingerprint density at radius 1 is 0.500 bits per heavy atom. The number of carbonyl (C=O) groups excluding carboxylic acids is 2. The first-order valence-corrected chi connectivity index (χ1v) is 23.5. The third-order valence-electron chi connectivity index (χ3n) is 10.0. The van der Waals surface area contributed by atoms with Crippen molar-refractivity contribution in [2.45, 2.75) is 211 Å². The maximum absolute atomic E-state index is 13.0. The van der Waals surface area contributed by atoms with Gasteiger partial charge in [0.2, 0.25) is 0 Å². The summed E-state index contributed by atoms with van der Waals surface area (Å²) in [4.78, 5) is 25.3. The Balaban J connectivity index is 2.24. The summed E-state index contributed by atoms with van der Waals surface area (Å²) in [6, 6.07) is 3.75. The lowest BCUT2D eigenvalue weighted by Gasteiger charge is -2.13. The van der Waals surface area contributed by atoms with Gasteiger partial charge in [-0.1, -0.05) is 173 Å². The zero-order valence-corrected chi connectivity index (χ0v) is 35.3. The van der Waals surface area contributed by atoms with Gasteiger partial charge in [0, 0.05) is 0 Å². The molecule has 0 radical (unpaired) electrons. The number of hydrogen-bond acceptors (Lipinski definition) is 6. The Kier molecular flexibility index (Phi) is 32.1. The van der Waals surface area contributed by atoms with Crippen LogP contribution in [0.4, 0.5) is 0 Å². The number of hydrogen-bond donors (Lipinski definition) is 1. The summed E-state index contributed by atoms with van der Waals surface area (Å²) >= 11 is 0. The van der Waals surface area contributed by atoms with Crippen LogP contribution in [0.1, 0.15) is 227 Å². The van der Waals surface area contributed by atoms with Gasteiger partial charge >= 0.3 is 11.9 Å². The molecule has 1 aromatic rings. The summed E-state index contributed by atoms with van der Waals surface area (Å²) in [5.74, 6) is -1.75. The van der Waals surface area contributed by atoms with Gasteiger partial charge in [0.25, 0.3) is 10.1 Å². The van der Waals surface area contributed by atoms with Crippen LogP contribution < -0.4 is 0 Å². The van der Waals surface area contributed by atoms with Crippen LogP contribution in [0.15, 0.2) is 47.4 Å². The highest BCUT2D eigenvalue weighted by Crippen LogP contribution is 2.23. The van der Waals surface area contributed by atoms with Crippen LogP contribution >= 0.6 is 0 Å². The van der Waals surface area contributed by atoms with Crippen molar-refractivity contribution in [2.24, 2.45) is 0 Å². The van der Waals surface area contributed by atoms with Crippen molar-refractivity contribution in [2.75, 3.05) is 13.2 Å². The molecule has 0 atom stereocenters. The fraction of sp³-hybridized carbons (Fsp3) is 0.739. The van der Waals surface area contributed by atoms with Crippen molar-refractivity contribution in [3.05, 3.63) is 53.6 Å². The molecule has 0 aliphatic carbocycles. The fourth-order valence-corrected chi connectivity index (χ4v) is 7.36. The predicted octanol–water partition coefficient (Wildman–Crippen LogP) is 14.1. The minimum absolute atomic E-state index is 0.106. The van der Waals surface area contributed by atoms with Crippen molar-refractivity contribution in [3.63, 3.8) is 0 Å². The van der Waals surface area contributed by atoms with E-state index in [0.29, 0.717) is 12.8 Å². The molecule has 0 saturated carbocycles. The lowest BCUT2D eigenvalue weighted by atomic mass is 10.1. The number of rotatable bonds is 37. The van der Waals surface area contributed by atoms with E-state index < -0.39 is 32.5 Å². The SMILES string of the molecule is CCCCCCC/C=C/CCCCCCCCCCOC(=O)c1cccc(S(=O)(=O)O)c1C(=O)OCCCCCCCCCC/C=C/CCCCCCC. The summed E-state index contributed by atoms with van der Waals surface area (Å²) in [7, 11) is -4.77. The largest absolute Gasteiger partial charge is 0.462 e. The molecule has 54 heavy (non-hydrogen) atoms. The summed E-state index contributed by atoms with van der Waals surface area (Å²) in [5.41, 5.74) is -0.681. The number of allylic oxidation sites excluding steroid dienone is 4. The van der Waals surface area contributed by atoms with E-state index in [1.165, 1.54) is 153 Å². The zero-order valence-electron chi connectivity index (χ0n) is 34.5. The quantitative estimate of drug-likeness (QED) is 0.0310. The fourth-order valence-electron chi connectivity index (χ4n) is 6.66. The molecule has 0 heterocycles. The van der Waals surface area contributed by atoms with Crippen LogP contribution in [0.2, 0.25) is 0 Å². The molecule has 0 bridgehead atoms. The van der Waals surface area contributed by atoms with Crippen LogP contribution in [0.3, 0.4) is 0 Å². The van der Waals surface area contributed by atoms with E-state index >= 15 is 0 Å². The molecule has 0 spiro atoms. The lowest BCUT2D eigenvalue weighted by molar-refractivity contribution is 0.0446. The minimum atomic E-state index is -4.77. The molecule has 0 aliphatic rings. The summed E-state index contributed by atoms with van der Waals surface area (Å²) in [6.45, 7) is 4.78. The van der Waals surface area contributed by atoms with Crippen LogP contribution in [-0.2, 0) is 19.6 Å². The van der Waals surface area contributed by atoms with E-state index in [0.717, 1.165) is 44.6 Å². The molecule has 1 aromatic carbocycles. The van der Waals surface area contributed by atoms with Gasteiger partial charge < -0.3 is 9.47 Å². The molecule has 0 fully saturated rings. The number of ether oxygens (including phenoxy) is 2. The van der Waals surface area contributed by atoms with Gasteiger partial charge in [-0.05, 0) is 76.3 Å². The molecule has 8 heteroatoms.